The Balaban J connectivity index is 1.88. The minimum atomic E-state index is 0.244. The molecule has 134 valence electrons. The second-order valence-electron chi connectivity index (χ2n) is 6.07. The van der Waals surface area contributed by atoms with Crippen LogP contribution in [0.4, 0.5) is 0 Å². The molecule has 0 aliphatic heterocycles. The molecule has 0 bridgehead atoms. The molecule has 5 heteroatoms. The molecule has 27 heavy (non-hydrogen) atoms. The van der Waals surface area contributed by atoms with Gasteiger partial charge < -0.3 is 14.6 Å². The van der Waals surface area contributed by atoms with Crippen molar-refractivity contribution in [2.24, 2.45) is 0 Å². The minimum absolute atomic E-state index is 0.244. The summed E-state index contributed by atoms with van der Waals surface area (Å²) in [6.07, 6.45) is 1.56. The molecule has 3 aromatic carbocycles. The fourth-order valence-electron chi connectivity index (χ4n) is 3.10. The third kappa shape index (κ3) is 3.15. The topological polar surface area (TPSA) is 64.5 Å². The van der Waals surface area contributed by atoms with E-state index in [0.717, 1.165) is 33.3 Å². The lowest BCUT2D eigenvalue weighted by molar-refractivity contribution is 0.355. The Kier molecular flexibility index (Phi) is 4.34. The van der Waals surface area contributed by atoms with Crippen molar-refractivity contribution >= 4 is 10.9 Å². The number of rotatable bonds is 4. The van der Waals surface area contributed by atoms with E-state index in [1.54, 1.807) is 32.7 Å². The van der Waals surface area contributed by atoms with Gasteiger partial charge in [-0.25, -0.2) is 9.97 Å². The van der Waals surface area contributed by atoms with Crippen molar-refractivity contribution in [2.75, 3.05) is 14.2 Å². The summed E-state index contributed by atoms with van der Waals surface area (Å²) in [6.45, 7) is 0. The van der Waals surface area contributed by atoms with Gasteiger partial charge in [0.1, 0.15) is 12.1 Å². The number of methoxy groups -OCH3 is 2. The van der Waals surface area contributed by atoms with E-state index in [-0.39, 0.29) is 5.75 Å². The summed E-state index contributed by atoms with van der Waals surface area (Å²) >= 11 is 0. The number of benzene rings is 3. The summed E-state index contributed by atoms with van der Waals surface area (Å²) in [6, 6.07) is 18.9. The zero-order chi connectivity index (χ0) is 18.8. The van der Waals surface area contributed by atoms with Crippen LogP contribution in [0, 0.1) is 0 Å². The number of phenols is 1. The molecule has 5 nitrogen and oxygen atoms in total. The Hall–Kier alpha value is -3.60. The fourth-order valence-corrected chi connectivity index (χ4v) is 3.10. The number of nitrogens with zero attached hydrogens (tertiary/aromatic N) is 2. The highest BCUT2D eigenvalue weighted by Gasteiger charge is 2.11. The summed E-state index contributed by atoms with van der Waals surface area (Å²) in [5.74, 6) is 1.56. The molecule has 1 N–H and O–H groups in total. The smallest absolute Gasteiger partial charge is 0.161 e. The van der Waals surface area contributed by atoms with Gasteiger partial charge in [-0.1, -0.05) is 18.2 Å². The molecule has 1 heterocycles. The normalized spacial score (nSPS) is 10.7. The van der Waals surface area contributed by atoms with Gasteiger partial charge in [-0.2, -0.15) is 0 Å². The molecule has 0 fully saturated rings. The molecule has 1 aromatic heterocycles. The van der Waals surface area contributed by atoms with Gasteiger partial charge in [0.05, 0.1) is 25.4 Å². The largest absolute Gasteiger partial charge is 0.508 e. The lowest BCUT2D eigenvalue weighted by atomic mass is 10.00. The summed E-state index contributed by atoms with van der Waals surface area (Å²) in [7, 11) is 3.23. The van der Waals surface area contributed by atoms with Gasteiger partial charge in [0.2, 0.25) is 0 Å². The number of aromatic hydroxyl groups is 1. The van der Waals surface area contributed by atoms with Gasteiger partial charge in [-0.3, -0.25) is 0 Å². The van der Waals surface area contributed by atoms with Crippen molar-refractivity contribution in [1.82, 2.24) is 9.97 Å². The van der Waals surface area contributed by atoms with Crippen molar-refractivity contribution < 1.29 is 14.6 Å². The molecule has 0 radical (unpaired) electrons. The molecule has 4 aromatic rings. The predicted octanol–water partition coefficient (Wildman–Crippen LogP) is 4.69. The first-order valence-corrected chi connectivity index (χ1v) is 8.46. The van der Waals surface area contributed by atoms with E-state index in [4.69, 9.17) is 9.47 Å². The van der Waals surface area contributed by atoms with Gasteiger partial charge in [-0.05, 0) is 53.6 Å². The number of ether oxygens (including phenoxy) is 2. The van der Waals surface area contributed by atoms with Gasteiger partial charge >= 0.3 is 0 Å². The third-order valence-corrected chi connectivity index (χ3v) is 4.49. The van der Waals surface area contributed by atoms with E-state index in [1.807, 2.05) is 42.5 Å². The Bertz CT molecular complexity index is 1110. The Morgan fingerprint density at radius 3 is 2.15 bits per heavy atom. The van der Waals surface area contributed by atoms with Gasteiger partial charge in [0.15, 0.2) is 11.5 Å². The quantitative estimate of drug-likeness (QED) is 0.573. The number of hydrogen-bond donors (Lipinski definition) is 1. The first-order valence-electron chi connectivity index (χ1n) is 8.46. The van der Waals surface area contributed by atoms with Crippen LogP contribution in [0.2, 0.25) is 0 Å². The van der Waals surface area contributed by atoms with E-state index in [0.29, 0.717) is 11.5 Å². The second-order valence-corrected chi connectivity index (χ2v) is 6.07. The molecule has 0 aliphatic carbocycles. The van der Waals surface area contributed by atoms with Crippen molar-refractivity contribution in [1.29, 1.82) is 0 Å². The zero-order valence-corrected chi connectivity index (χ0v) is 15.0. The lowest BCUT2D eigenvalue weighted by Crippen LogP contribution is -1.93. The molecule has 0 saturated carbocycles. The predicted molar refractivity (Wildman–Crippen MR) is 105 cm³/mol. The maximum atomic E-state index is 9.52. The first kappa shape index (κ1) is 16.8. The number of aromatic nitrogens is 2. The minimum Gasteiger partial charge on any atom is -0.508 e. The summed E-state index contributed by atoms with van der Waals surface area (Å²) < 4.78 is 10.7. The summed E-state index contributed by atoms with van der Waals surface area (Å²) in [4.78, 5) is 8.89. The molecule has 0 unspecified atom stereocenters. The van der Waals surface area contributed by atoms with Crippen LogP contribution < -0.4 is 9.47 Å². The second kappa shape index (κ2) is 6.96. The van der Waals surface area contributed by atoms with Crippen LogP contribution >= 0.6 is 0 Å². The van der Waals surface area contributed by atoms with Crippen LogP contribution in [-0.2, 0) is 0 Å². The SMILES string of the molecule is COc1ccc(-c2ncnc3ccc(-c4ccc(O)cc4)cc23)cc1OC. The standard InChI is InChI=1S/C22H18N2O3/c1-26-20-10-6-16(12-21(20)27-2)22-18-11-15(5-9-19(18)23-13-24-22)14-3-7-17(25)8-4-14/h3-13,25H,1-2H3. The number of fused-ring (bicyclic) bond motifs is 1. The van der Waals surface area contributed by atoms with E-state index in [2.05, 4.69) is 16.0 Å². The van der Waals surface area contributed by atoms with Crippen LogP contribution in [0.25, 0.3) is 33.3 Å². The number of hydrogen-bond acceptors (Lipinski definition) is 5. The number of phenolic OH excluding ortho intramolecular Hbond substituents is 1. The molecule has 0 spiro atoms. The third-order valence-electron chi connectivity index (χ3n) is 4.49. The highest BCUT2D eigenvalue weighted by atomic mass is 16.5. The zero-order valence-electron chi connectivity index (χ0n) is 15.0. The summed E-state index contributed by atoms with van der Waals surface area (Å²) in [5.41, 5.74) is 4.64. The van der Waals surface area contributed by atoms with E-state index in [9.17, 15) is 5.11 Å². The van der Waals surface area contributed by atoms with Gasteiger partial charge in [0, 0.05) is 10.9 Å². The first-order chi connectivity index (χ1) is 13.2. The maximum absolute atomic E-state index is 9.52. The average Bonchev–Trinajstić information content (AvgIpc) is 2.73. The Morgan fingerprint density at radius 1 is 0.704 bits per heavy atom. The summed E-state index contributed by atoms with van der Waals surface area (Å²) in [5, 5.41) is 10.5. The average molecular weight is 358 g/mol. The van der Waals surface area contributed by atoms with Crippen molar-refractivity contribution in [3.8, 4) is 39.6 Å². The van der Waals surface area contributed by atoms with Crippen molar-refractivity contribution in [3.63, 3.8) is 0 Å². The van der Waals surface area contributed by atoms with Crippen molar-refractivity contribution in [2.45, 2.75) is 0 Å². The Morgan fingerprint density at radius 2 is 1.41 bits per heavy atom. The van der Waals surface area contributed by atoms with Crippen LogP contribution in [0.15, 0.2) is 67.0 Å². The van der Waals surface area contributed by atoms with Gasteiger partial charge in [-0.15, -0.1) is 0 Å². The molecule has 4 rings (SSSR count). The van der Waals surface area contributed by atoms with Crippen LogP contribution in [0.5, 0.6) is 17.2 Å². The van der Waals surface area contributed by atoms with E-state index >= 15 is 0 Å². The Labute approximate surface area is 156 Å². The van der Waals surface area contributed by atoms with Crippen LogP contribution in [-0.4, -0.2) is 29.3 Å². The van der Waals surface area contributed by atoms with Crippen LogP contribution in [0.3, 0.4) is 0 Å². The maximum Gasteiger partial charge on any atom is 0.161 e. The molecular formula is C22H18N2O3. The highest BCUT2D eigenvalue weighted by Crippen LogP contribution is 2.35. The lowest BCUT2D eigenvalue weighted by Gasteiger charge is -2.11. The molecular weight excluding hydrogens is 340 g/mol. The molecule has 0 amide bonds. The van der Waals surface area contributed by atoms with E-state index in [1.165, 1.54) is 0 Å². The molecule has 0 saturated heterocycles. The molecule has 0 aliphatic rings. The molecule has 0 atom stereocenters. The highest BCUT2D eigenvalue weighted by molar-refractivity contribution is 5.95. The fraction of sp³-hybridized carbons (Fsp3) is 0.0909. The van der Waals surface area contributed by atoms with Crippen molar-refractivity contribution in [3.05, 3.63) is 67.0 Å². The van der Waals surface area contributed by atoms with E-state index < -0.39 is 0 Å². The monoisotopic (exact) mass is 358 g/mol. The van der Waals surface area contributed by atoms with Gasteiger partial charge in [0.25, 0.3) is 0 Å². The van der Waals surface area contributed by atoms with Crippen LogP contribution in [0.1, 0.15) is 0 Å².